The van der Waals surface area contributed by atoms with Crippen molar-refractivity contribution >= 4 is 5.97 Å². The van der Waals surface area contributed by atoms with Crippen molar-refractivity contribution in [2.24, 2.45) is 23.0 Å². The predicted octanol–water partition coefficient (Wildman–Crippen LogP) is 4.54. The largest absolute Gasteiger partial charge is 0.465 e. The molecule has 126 valence electrons. The van der Waals surface area contributed by atoms with Crippen molar-refractivity contribution < 1.29 is 9.53 Å². The highest BCUT2D eigenvalue weighted by atomic mass is 16.5. The van der Waals surface area contributed by atoms with Gasteiger partial charge in [-0.05, 0) is 43.1 Å². The molecule has 0 spiro atoms. The van der Waals surface area contributed by atoms with Crippen molar-refractivity contribution in [3.05, 3.63) is 0 Å². The first-order valence-electron chi connectivity index (χ1n) is 8.70. The van der Waals surface area contributed by atoms with Crippen molar-refractivity contribution in [1.82, 2.24) is 0 Å². The fraction of sp³-hybridized carbons (Fsp3) is 0.944. The minimum absolute atomic E-state index is 0.0452. The first-order chi connectivity index (χ1) is 9.85. The van der Waals surface area contributed by atoms with E-state index < -0.39 is 0 Å². The van der Waals surface area contributed by atoms with E-state index in [1.54, 1.807) is 0 Å². The van der Waals surface area contributed by atoms with E-state index in [2.05, 4.69) is 34.6 Å². The number of hydrogen-bond acceptors (Lipinski definition) is 3. The van der Waals surface area contributed by atoms with Gasteiger partial charge in [-0.15, -0.1) is 0 Å². The van der Waals surface area contributed by atoms with Crippen LogP contribution in [0.5, 0.6) is 0 Å². The second-order valence-corrected chi connectivity index (χ2v) is 7.28. The van der Waals surface area contributed by atoms with Gasteiger partial charge in [0.15, 0.2) is 0 Å². The van der Waals surface area contributed by atoms with E-state index in [1.807, 2.05) is 0 Å². The standard InChI is InChI=1S/C18H37NO2/c1-6-8-9-15(7-2)14-21-17(20)11-10-16(12-13-19)18(3,4)5/h15-16H,6-14,19H2,1-5H3. The summed E-state index contributed by atoms with van der Waals surface area (Å²) < 4.78 is 5.46. The van der Waals surface area contributed by atoms with E-state index in [-0.39, 0.29) is 11.4 Å². The Morgan fingerprint density at radius 3 is 2.29 bits per heavy atom. The lowest BCUT2D eigenvalue weighted by Crippen LogP contribution is -2.24. The quantitative estimate of drug-likeness (QED) is 0.570. The molecule has 0 heterocycles. The Morgan fingerprint density at radius 1 is 1.14 bits per heavy atom. The van der Waals surface area contributed by atoms with Crippen LogP contribution in [0.2, 0.25) is 0 Å². The van der Waals surface area contributed by atoms with Gasteiger partial charge in [-0.25, -0.2) is 0 Å². The Balaban J connectivity index is 4.07. The van der Waals surface area contributed by atoms with Gasteiger partial charge in [0.2, 0.25) is 0 Å². The van der Waals surface area contributed by atoms with E-state index >= 15 is 0 Å². The molecule has 0 saturated carbocycles. The van der Waals surface area contributed by atoms with Crippen LogP contribution < -0.4 is 5.73 Å². The minimum Gasteiger partial charge on any atom is -0.465 e. The molecule has 0 aromatic carbocycles. The molecule has 0 bridgehead atoms. The van der Waals surface area contributed by atoms with Crippen LogP contribution in [0.3, 0.4) is 0 Å². The minimum atomic E-state index is -0.0452. The topological polar surface area (TPSA) is 52.3 Å². The molecule has 0 fully saturated rings. The molecule has 0 aliphatic rings. The number of carbonyl (C=O) groups excluding carboxylic acids is 1. The van der Waals surface area contributed by atoms with Crippen molar-refractivity contribution in [2.45, 2.75) is 79.6 Å². The molecule has 3 nitrogen and oxygen atoms in total. The number of nitrogens with two attached hydrogens (primary N) is 1. The molecule has 3 heteroatoms. The lowest BCUT2D eigenvalue weighted by molar-refractivity contribution is -0.145. The fourth-order valence-corrected chi connectivity index (χ4v) is 2.68. The summed E-state index contributed by atoms with van der Waals surface area (Å²) in [4.78, 5) is 11.9. The monoisotopic (exact) mass is 299 g/mol. The van der Waals surface area contributed by atoms with Gasteiger partial charge in [-0.1, -0.05) is 53.9 Å². The zero-order valence-electron chi connectivity index (χ0n) is 14.9. The molecule has 2 atom stereocenters. The molecule has 0 aliphatic heterocycles. The lowest BCUT2D eigenvalue weighted by Gasteiger charge is -2.30. The van der Waals surface area contributed by atoms with Gasteiger partial charge >= 0.3 is 5.97 Å². The van der Waals surface area contributed by atoms with Crippen LogP contribution in [-0.2, 0) is 9.53 Å². The second-order valence-electron chi connectivity index (χ2n) is 7.28. The number of ether oxygens (including phenoxy) is 1. The van der Waals surface area contributed by atoms with Crippen molar-refractivity contribution in [1.29, 1.82) is 0 Å². The number of esters is 1. The van der Waals surface area contributed by atoms with Crippen LogP contribution in [0.15, 0.2) is 0 Å². The summed E-state index contributed by atoms with van der Waals surface area (Å²) in [6.07, 6.45) is 7.06. The fourth-order valence-electron chi connectivity index (χ4n) is 2.68. The SMILES string of the molecule is CCCCC(CC)COC(=O)CCC(CCN)C(C)(C)C. The summed E-state index contributed by atoms with van der Waals surface area (Å²) in [6, 6.07) is 0. The molecule has 0 aromatic heterocycles. The maximum absolute atomic E-state index is 11.9. The van der Waals surface area contributed by atoms with Crippen LogP contribution in [-0.4, -0.2) is 19.1 Å². The predicted molar refractivity (Wildman–Crippen MR) is 90.1 cm³/mol. The first kappa shape index (κ1) is 20.4. The van der Waals surface area contributed by atoms with E-state index in [0.717, 1.165) is 25.7 Å². The molecule has 0 aliphatic carbocycles. The number of unbranched alkanes of at least 4 members (excludes halogenated alkanes) is 1. The molecule has 21 heavy (non-hydrogen) atoms. The van der Waals surface area contributed by atoms with Crippen LogP contribution >= 0.6 is 0 Å². The summed E-state index contributed by atoms with van der Waals surface area (Å²) in [5.74, 6) is 0.963. The molecule has 2 unspecified atom stereocenters. The van der Waals surface area contributed by atoms with Gasteiger partial charge in [0.25, 0.3) is 0 Å². The van der Waals surface area contributed by atoms with Crippen molar-refractivity contribution in [3.8, 4) is 0 Å². The van der Waals surface area contributed by atoms with Gasteiger partial charge in [-0.2, -0.15) is 0 Å². The van der Waals surface area contributed by atoms with Crippen LogP contribution in [0, 0.1) is 17.3 Å². The normalized spacial score (nSPS) is 14.8. The highest BCUT2D eigenvalue weighted by Gasteiger charge is 2.24. The Hall–Kier alpha value is -0.570. The summed E-state index contributed by atoms with van der Waals surface area (Å²) in [7, 11) is 0. The molecule has 0 amide bonds. The smallest absolute Gasteiger partial charge is 0.305 e. The third kappa shape index (κ3) is 9.89. The zero-order chi connectivity index (χ0) is 16.3. The van der Waals surface area contributed by atoms with Gasteiger partial charge in [0, 0.05) is 6.42 Å². The molecule has 2 N–H and O–H groups in total. The zero-order valence-corrected chi connectivity index (χ0v) is 14.9. The summed E-state index contributed by atoms with van der Waals surface area (Å²) in [5.41, 5.74) is 5.88. The lowest BCUT2D eigenvalue weighted by atomic mass is 9.76. The van der Waals surface area contributed by atoms with E-state index in [4.69, 9.17) is 10.5 Å². The summed E-state index contributed by atoms with van der Waals surface area (Å²) in [5, 5.41) is 0. The summed E-state index contributed by atoms with van der Waals surface area (Å²) in [6.45, 7) is 12.3. The van der Waals surface area contributed by atoms with Gasteiger partial charge in [-0.3, -0.25) is 4.79 Å². The molecular weight excluding hydrogens is 262 g/mol. The Kier molecular flexibility index (Phi) is 10.8. The average Bonchev–Trinajstić information content (AvgIpc) is 2.42. The highest BCUT2D eigenvalue weighted by Crippen LogP contribution is 2.32. The van der Waals surface area contributed by atoms with Crippen LogP contribution in [0.1, 0.15) is 79.6 Å². The Labute approximate surface area is 132 Å². The van der Waals surface area contributed by atoms with E-state index in [9.17, 15) is 4.79 Å². The summed E-state index contributed by atoms with van der Waals surface area (Å²) >= 11 is 0. The molecule has 0 radical (unpaired) electrons. The molecule has 0 saturated heterocycles. The van der Waals surface area contributed by atoms with Crippen molar-refractivity contribution in [2.75, 3.05) is 13.2 Å². The Bertz CT molecular complexity index is 271. The third-order valence-electron chi connectivity index (χ3n) is 4.46. The maximum atomic E-state index is 11.9. The molecule has 0 aromatic rings. The average molecular weight is 299 g/mol. The van der Waals surface area contributed by atoms with Crippen LogP contribution in [0.4, 0.5) is 0 Å². The van der Waals surface area contributed by atoms with Crippen LogP contribution in [0.25, 0.3) is 0 Å². The van der Waals surface area contributed by atoms with Gasteiger partial charge < -0.3 is 10.5 Å². The number of carbonyl (C=O) groups is 1. The molecule has 0 rings (SSSR count). The third-order valence-corrected chi connectivity index (χ3v) is 4.46. The first-order valence-corrected chi connectivity index (χ1v) is 8.70. The van der Waals surface area contributed by atoms with E-state index in [0.29, 0.717) is 31.4 Å². The van der Waals surface area contributed by atoms with Gasteiger partial charge in [0.1, 0.15) is 0 Å². The number of hydrogen-bond donors (Lipinski definition) is 1. The van der Waals surface area contributed by atoms with Crippen molar-refractivity contribution in [3.63, 3.8) is 0 Å². The Morgan fingerprint density at radius 2 is 1.81 bits per heavy atom. The van der Waals surface area contributed by atoms with E-state index in [1.165, 1.54) is 12.8 Å². The number of rotatable bonds is 11. The second kappa shape index (κ2) is 11.1. The van der Waals surface area contributed by atoms with Gasteiger partial charge in [0.05, 0.1) is 6.61 Å². The highest BCUT2D eigenvalue weighted by molar-refractivity contribution is 5.69. The maximum Gasteiger partial charge on any atom is 0.305 e. The molecular formula is C18H37NO2.